The second-order valence-electron chi connectivity index (χ2n) is 7.07. The summed E-state index contributed by atoms with van der Waals surface area (Å²) in [5.41, 5.74) is 5.23. The summed E-state index contributed by atoms with van der Waals surface area (Å²) in [5.74, 6) is -1.64. The summed E-state index contributed by atoms with van der Waals surface area (Å²) in [6.45, 7) is 2.24. The number of hydrogen-bond donors (Lipinski definition) is 0. The molecule has 0 heterocycles. The molecular formula is C25H26F2. The minimum Gasteiger partial charge on any atom is -0.204 e. The maximum Gasteiger partial charge on any atom is 0.159 e. The third-order valence-corrected chi connectivity index (χ3v) is 4.99. The summed E-state index contributed by atoms with van der Waals surface area (Å²) in [7, 11) is 0. The number of rotatable bonds is 8. The van der Waals surface area contributed by atoms with Gasteiger partial charge in [-0.25, -0.2) is 8.78 Å². The lowest BCUT2D eigenvalue weighted by molar-refractivity contribution is 0.509. The molecule has 0 fully saturated rings. The molecule has 0 bridgehead atoms. The smallest absolute Gasteiger partial charge is 0.159 e. The molecule has 0 atom stereocenters. The van der Waals surface area contributed by atoms with Crippen molar-refractivity contribution in [3.8, 4) is 22.3 Å². The lowest BCUT2D eigenvalue weighted by Gasteiger charge is -2.07. The van der Waals surface area contributed by atoms with Crippen LogP contribution >= 0.6 is 0 Å². The Morgan fingerprint density at radius 3 is 1.67 bits per heavy atom. The second-order valence-corrected chi connectivity index (χ2v) is 7.07. The number of unbranched alkanes of at least 4 members (excludes halogenated alkanes) is 4. The number of benzene rings is 3. The Labute approximate surface area is 160 Å². The van der Waals surface area contributed by atoms with Gasteiger partial charge in [0, 0.05) is 0 Å². The molecule has 3 rings (SSSR count). The summed E-state index contributed by atoms with van der Waals surface area (Å²) in [6.07, 6.45) is 7.64. The molecule has 0 nitrogen and oxygen atoms in total. The van der Waals surface area contributed by atoms with Gasteiger partial charge >= 0.3 is 0 Å². The molecule has 0 saturated heterocycles. The van der Waals surface area contributed by atoms with Gasteiger partial charge in [-0.05, 0) is 52.8 Å². The Kier molecular flexibility index (Phi) is 6.75. The Balaban J connectivity index is 1.63. The number of hydrogen-bond acceptors (Lipinski definition) is 0. The van der Waals surface area contributed by atoms with Gasteiger partial charge in [-0.1, -0.05) is 87.2 Å². The van der Waals surface area contributed by atoms with E-state index in [1.807, 2.05) is 24.3 Å². The third kappa shape index (κ3) is 5.26. The molecule has 0 spiro atoms. The van der Waals surface area contributed by atoms with Gasteiger partial charge in [-0.3, -0.25) is 0 Å². The average molecular weight is 364 g/mol. The van der Waals surface area contributed by atoms with E-state index in [2.05, 4.69) is 31.2 Å². The molecular weight excluding hydrogens is 338 g/mol. The maximum absolute atomic E-state index is 13.4. The molecule has 0 aromatic heterocycles. The Morgan fingerprint density at radius 1 is 0.556 bits per heavy atom. The van der Waals surface area contributed by atoms with Crippen molar-refractivity contribution in [2.75, 3.05) is 0 Å². The second kappa shape index (κ2) is 9.45. The lowest BCUT2D eigenvalue weighted by atomic mass is 9.98. The predicted octanol–water partition coefficient (Wildman–Crippen LogP) is 7.81. The molecule has 3 aromatic carbocycles. The van der Waals surface area contributed by atoms with Crippen LogP contribution in [0.4, 0.5) is 8.78 Å². The van der Waals surface area contributed by atoms with Gasteiger partial charge in [0.2, 0.25) is 0 Å². The molecule has 0 saturated carbocycles. The number of aryl methyl sites for hydroxylation is 1. The zero-order valence-corrected chi connectivity index (χ0v) is 15.8. The van der Waals surface area contributed by atoms with Crippen LogP contribution in [0.25, 0.3) is 22.3 Å². The normalized spacial score (nSPS) is 10.9. The standard InChI is InChI=1S/C25H26F2/c1-2-3-4-5-6-7-19-8-10-20(11-9-19)21-12-14-22(15-13-21)23-16-17-24(26)25(27)18-23/h8-18H,2-7H2,1H3. The van der Waals surface area contributed by atoms with Crippen LogP contribution in [0.3, 0.4) is 0 Å². The zero-order valence-electron chi connectivity index (χ0n) is 15.8. The molecule has 0 aliphatic carbocycles. The highest BCUT2D eigenvalue weighted by molar-refractivity contribution is 5.70. The molecule has 0 aliphatic rings. The van der Waals surface area contributed by atoms with Crippen molar-refractivity contribution in [1.82, 2.24) is 0 Å². The topological polar surface area (TPSA) is 0 Å². The van der Waals surface area contributed by atoms with Crippen molar-refractivity contribution in [1.29, 1.82) is 0 Å². The van der Waals surface area contributed by atoms with E-state index in [4.69, 9.17) is 0 Å². The van der Waals surface area contributed by atoms with Gasteiger partial charge in [-0.2, -0.15) is 0 Å². The molecule has 0 aliphatic heterocycles. The van der Waals surface area contributed by atoms with Crippen LogP contribution in [-0.4, -0.2) is 0 Å². The minimum atomic E-state index is -0.819. The molecule has 2 heteroatoms. The molecule has 27 heavy (non-hydrogen) atoms. The summed E-state index contributed by atoms with van der Waals surface area (Å²) in [6, 6.07) is 20.7. The largest absolute Gasteiger partial charge is 0.204 e. The fraction of sp³-hybridized carbons (Fsp3) is 0.280. The fourth-order valence-corrected chi connectivity index (χ4v) is 3.33. The highest BCUT2D eigenvalue weighted by atomic mass is 19.2. The van der Waals surface area contributed by atoms with Crippen molar-refractivity contribution in [3.63, 3.8) is 0 Å². The highest BCUT2D eigenvalue weighted by Crippen LogP contribution is 2.26. The molecule has 0 radical (unpaired) electrons. The molecule has 140 valence electrons. The Bertz CT molecular complexity index is 848. The van der Waals surface area contributed by atoms with Gasteiger partial charge in [-0.15, -0.1) is 0 Å². The van der Waals surface area contributed by atoms with Crippen LogP contribution in [0, 0.1) is 11.6 Å². The molecule has 3 aromatic rings. The van der Waals surface area contributed by atoms with E-state index in [-0.39, 0.29) is 0 Å². The van der Waals surface area contributed by atoms with Crippen LogP contribution in [0.5, 0.6) is 0 Å². The summed E-state index contributed by atoms with van der Waals surface area (Å²) in [4.78, 5) is 0. The zero-order chi connectivity index (χ0) is 19.1. The predicted molar refractivity (Wildman–Crippen MR) is 110 cm³/mol. The van der Waals surface area contributed by atoms with E-state index in [1.165, 1.54) is 55.4 Å². The Morgan fingerprint density at radius 2 is 1.07 bits per heavy atom. The summed E-state index contributed by atoms with van der Waals surface area (Å²) in [5, 5.41) is 0. The average Bonchev–Trinajstić information content (AvgIpc) is 2.71. The van der Waals surface area contributed by atoms with Crippen molar-refractivity contribution in [2.45, 2.75) is 45.4 Å². The van der Waals surface area contributed by atoms with E-state index < -0.39 is 11.6 Å². The van der Waals surface area contributed by atoms with Crippen molar-refractivity contribution in [3.05, 3.63) is 83.9 Å². The quantitative estimate of drug-likeness (QED) is 0.357. The van der Waals surface area contributed by atoms with Crippen LogP contribution in [0.2, 0.25) is 0 Å². The maximum atomic E-state index is 13.4. The molecule has 0 amide bonds. The third-order valence-electron chi connectivity index (χ3n) is 4.99. The number of halogens is 2. The van der Waals surface area contributed by atoms with Gasteiger partial charge in [0.1, 0.15) is 0 Å². The van der Waals surface area contributed by atoms with Crippen LogP contribution in [0.15, 0.2) is 66.7 Å². The van der Waals surface area contributed by atoms with Crippen LogP contribution < -0.4 is 0 Å². The van der Waals surface area contributed by atoms with Gasteiger partial charge in [0.15, 0.2) is 11.6 Å². The minimum absolute atomic E-state index is 0.680. The molecule has 0 unspecified atom stereocenters. The van der Waals surface area contributed by atoms with Gasteiger partial charge < -0.3 is 0 Å². The van der Waals surface area contributed by atoms with E-state index in [9.17, 15) is 8.78 Å². The fourth-order valence-electron chi connectivity index (χ4n) is 3.33. The first-order valence-corrected chi connectivity index (χ1v) is 9.82. The highest BCUT2D eigenvalue weighted by Gasteiger charge is 2.05. The lowest BCUT2D eigenvalue weighted by Crippen LogP contribution is -1.87. The SMILES string of the molecule is CCCCCCCc1ccc(-c2ccc(-c3ccc(F)c(F)c3)cc2)cc1. The van der Waals surface area contributed by atoms with Crippen molar-refractivity contribution < 1.29 is 8.78 Å². The Hall–Kier alpha value is -2.48. The molecule has 0 N–H and O–H groups in total. The first-order chi connectivity index (χ1) is 13.2. The van der Waals surface area contributed by atoms with Gasteiger partial charge in [0.05, 0.1) is 0 Å². The van der Waals surface area contributed by atoms with Gasteiger partial charge in [0.25, 0.3) is 0 Å². The monoisotopic (exact) mass is 364 g/mol. The van der Waals surface area contributed by atoms with E-state index >= 15 is 0 Å². The first-order valence-electron chi connectivity index (χ1n) is 9.82. The summed E-state index contributed by atoms with van der Waals surface area (Å²) < 4.78 is 26.5. The van der Waals surface area contributed by atoms with Crippen molar-refractivity contribution >= 4 is 0 Å². The van der Waals surface area contributed by atoms with E-state index in [1.54, 1.807) is 6.07 Å². The van der Waals surface area contributed by atoms with E-state index in [0.717, 1.165) is 17.5 Å². The van der Waals surface area contributed by atoms with Crippen molar-refractivity contribution in [2.24, 2.45) is 0 Å². The van der Waals surface area contributed by atoms with E-state index in [0.29, 0.717) is 5.56 Å². The summed E-state index contributed by atoms with van der Waals surface area (Å²) >= 11 is 0. The van der Waals surface area contributed by atoms with Crippen LogP contribution in [-0.2, 0) is 6.42 Å². The first kappa shape index (κ1) is 19.3. The van der Waals surface area contributed by atoms with Crippen LogP contribution in [0.1, 0.15) is 44.6 Å².